The number of rotatable bonds is 8. The molecule has 2 aliphatic heterocycles. The molecule has 2 atom stereocenters. The number of hydrogen-bond acceptors (Lipinski definition) is 8. The molecule has 0 saturated carbocycles. The van der Waals surface area contributed by atoms with Crippen molar-refractivity contribution in [1.29, 1.82) is 0 Å². The molecule has 9 heteroatoms. The summed E-state index contributed by atoms with van der Waals surface area (Å²) in [7, 11) is 1.56. The molecule has 2 aliphatic rings. The van der Waals surface area contributed by atoms with E-state index in [0.717, 1.165) is 12.8 Å². The number of esters is 1. The van der Waals surface area contributed by atoms with Crippen LogP contribution in [0.25, 0.3) is 0 Å². The Morgan fingerprint density at radius 3 is 3.12 bits per heavy atom. The number of fused-ring (bicyclic) bond motifs is 1. The van der Waals surface area contributed by atoms with Gasteiger partial charge in [0.2, 0.25) is 0 Å². The standard InChI is InChI=1S/C16H21N3O6/c1-22-6-7-23-9-14(21)24-8-11-2-3-13(25-11)19-10-18-15-12(20)4-5-17-16(15)19/h5,10-11,13H,2-4,6-9H2,1H3. The van der Waals surface area contributed by atoms with Gasteiger partial charge in [0.1, 0.15) is 19.4 Å². The number of methoxy groups -OCH3 is 1. The summed E-state index contributed by atoms with van der Waals surface area (Å²) >= 11 is 0. The number of Topliss-reactive ketones (excluding diaryl/α,β-unsaturated/α-hetero) is 1. The molecule has 0 N–H and O–H groups in total. The summed E-state index contributed by atoms with van der Waals surface area (Å²) < 4.78 is 22.8. The molecule has 9 nitrogen and oxygen atoms in total. The molecular weight excluding hydrogens is 330 g/mol. The van der Waals surface area contributed by atoms with E-state index in [0.29, 0.717) is 24.7 Å². The third kappa shape index (κ3) is 4.30. The second-order valence-electron chi connectivity index (χ2n) is 5.78. The van der Waals surface area contributed by atoms with E-state index in [-0.39, 0.29) is 37.7 Å². The topological polar surface area (TPSA) is 101 Å². The van der Waals surface area contributed by atoms with Gasteiger partial charge in [0, 0.05) is 19.7 Å². The van der Waals surface area contributed by atoms with E-state index in [1.165, 1.54) is 0 Å². The highest BCUT2D eigenvalue weighted by Crippen LogP contribution is 2.34. The molecule has 0 spiro atoms. The summed E-state index contributed by atoms with van der Waals surface area (Å²) in [6.07, 6.45) is 4.46. The highest BCUT2D eigenvalue weighted by atomic mass is 16.6. The second kappa shape index (κ2) is 8.32. The largest absolute Gasteiger partial charge is 0.461 e. The molecule has 1 aromatic heterocycles. The Kier molecular flexibility index (Phi) is 5.90. The number of ketones is 1. The van der Waals surface area contributed by atoms with E-state index in [4.69, 9.17) is 18.9 Å². The Hall–Kier alpha value is -2.10. The zero-order chi connectivity index (χ0) is 17.6. The fourth-order valence-electron chi connectivity index (χ4n) is 2.74. The molecule has 0 aromatic carbocycles. The highest BCUT2D eigenvalue weighted by molar-refractivity contribution is 6.08. The van der Waals surface area contributed by atoms with Crippen molar-refractivity contribution in [3.8, 4) is 0 Å². The molecule has 25 heavy (non-hydrogen) atoms. The normalized spacial score (nSPS) is 22.2. The van der Waals surface area contributed by atoms with Gasteiger partial charge in [-0.2, -0.15) is 0 Å². The van der Waals surface area contributed by atoms with Crippen LogP contribution >= 0.6 is 0 Å². The molecule has 1 aromatic rings. The van der Waals surface area contributed by atoms with Crippen LogP contribution in [0.1, 0.15) is 36.0 Å². The summed E-state index contributed by atoms with van der Waals surface area (Å²) in [4.78, 5) is 31.8. The molecule has 136 valence electrons. The van der Waals surface area contributed by atoms with Gasteiger partial charge in [0.05, 0.1) is 25.6 Å². The van der Waals surface area contributed by atoms with Crippen LogP contribution in [0.3, 0.4) is 0 Å². The minimum absolute atomic E-state index is 0.0410. The summed E-state index contributed by atoms with van der Waals surface area (Å²) in [6.45, 7) is 0.840. The van der Waals surface area contributed by atoms with E-state index < -0.39 is 5.97 Å². The summed E-state index contributed by atoms with van der Waals surface area (Å²) in [6, 6.07) is 0. The fraction of sp³-hybridized carbons (Fsp3) is 0.625. The van der Waals surface area contributed by atoms with Crippen molar-refractivity contribution in [2.75, 3.05) is 33.5 Å². The van der Waals surface area contributed by atoms with Gasteiger partial charge in [-0.1, -0.05) is 0 Å². The Morgan fingerprint density at radius 2 is 2.28 bits per heavy atom. The average molecular weight is 351 g/mol. The van der Waals surface area contributed by atoms with Crippen molar-refractivity contribution in [3.05, 3.63) is 12.0 Å². The molecular formula is C16H21N3O6. The first-order valence-electron chi connectivity index (χ1n) is 8.19. The number of carbonyl (C=O) groups is 2. The molecule has 3 heterocycles. The third-order valence-corrected chi connectivity index (χ3v) is 4.00. The lowest BCUT2D eigenvalue weighted by Crippen LogP contribution is -2.22. The van der Waals surface area contributed by atoms with Crippen molar-refractivity contribution in [1.82, 2.24) is 9.55 Å². The minimum Gasteiger partial charge on any atom is -0.461 e. The van der Waals surface area contributed by atoms with Gasteiger partial charge in [-0.3, -0.25) is 9.36 Å². The monoisotopic (exact) mass is 351 g/mol. The van der Waals surface area contributed by atoms with Gasteiger partial charge in [0.25, 0.3) is 0 Å². The van der Waals surface area contributed by atoms with Gasteiger partial charge in [-0.15, -0.1) is 0 Å². The maximum absolute atomic E-state index is 11.8. The van der Waals surface area contributed by atoms with E-state index in [1.54, 1.807) is 24.2 Å². The Bertz CT molecular complexity index is 656. The predicted molar refractivity (Wildman–Crippen MR) is 86.1 cm³/mol. The van der Waals surface area contributed by atoms with Crippen molar-refractivity contribution in [2.24, 2.45) is 4.99 Å². The maximum atomic E-state index is 11.8. The van der Waals surface area contributed by atoms with Crippen LogP contribution in [0.5, 0.6) is 0 Å². The number of carbonyl (C=O) groups excluding carboxylic acids is 2. The maximum Gasteiger partial charge on any atom is 0.332 e. The van der Waals surface area contributed by atoms with Crippen LogP contribution in [-0.2, 0) is 23.7 Å². The lowest BCUT2D eigenvalue weighted by Gasteiger charge is -2.17. The summed E-state index contributed by atoms with van der Waals surface area (Å²) in [5.74, 6) is 0.0597. The molecule has 0 aliphatic carbocycles. The molecule has 1 fully saturated rings. The smallest absolute Gasteiger partial charge is 0.332 e. The number of ether oxygens (including phenoxy) is 4. The lowest BCUT2D eigenvalue weighted by atomic mass is 10.2. The number of aliphatic imine (C=N–C) groups is 1. The first-order chi connectivity index (χ1) is 12.2. The highest BCUT2D eigenvalue weighted by Gasteiger charge is 2.31. The van der Waals surface area contributed by atoms with Crippen LogP contribution in [0.4, 0.5) is 5.82 Å². The van der Waals surface area contributed by atoms with Crippen molar-refractivity contribution in [2.45, 2.75) is 31.6 Å². The molecule has 3 rings (SSSR count). The van der Waals surface area contributed by atoms with Crippen LogP contribution < -0.4 is 0 Å². The number of aromatic nitrogens is 2. The zero-order valence-electron chi connectivity index (χ0n) is 14.1. The fourth-order valence-corrected chi connectivity index (χ4v) is 2.74. The van der Waals surface area contributed by atoms with Crippen LogP contribution in [0.15, 0.2) is 11.3 Å². The van der Waals surface area contributed by atoms with Gasteiger partial charge in [-0.05, 0) is 12.8 Å². The SMILES string of the molecule is COCCOCC(=O)OCC1CCC(n2cnc3c2N=CCC3=O)O1. The minimum atomic E-state index is -0.432. The molecule has 2 unspecified atom stereocenters. The summed E-state index contributed by atoms with van der Waals surface area (Å²) in [5.41, 5.74) is 0.384. The van der Waals surface area contributed by atoms with E-state index >= 15 is 0 Å². The Morgan fingerprint density at radius 1 is 1.40 bits per heavy atom. The molecule has 0 bridgehead atoms. The van der Waals surface area contributed by atoms with Gasteiger partial charge >= 0.3 is 5.97 Å². The first kappa shape index (κ1) is 17.7. The number of imidazole rings is 1. The van der Waals surface area contributed by atoms with Crippen molar-refractivity contribution >= 4 is 23.8 Å². The Labute approximate surface area is 144 Å². The summed E-state index contributed by atoms with van der Waals surface area (Å²) in [5, 5.41) is 0. The van der Waals surface area contributed by atoms with E-state index in [9.17, 15) is 9.59 Å². The quantitative estimate of drug-likeness (QED) is 0.510. The third-order valence-electron chi connectivity index (χ3n) is 4.00. The molecule has 0 radical (unpaired) electrons. The number of nitrogens with zero attached hydrogens (tertiary/aromatic N) is 3. The van der Waals surface area contributed by atoms with E-state index in [2.05, 4.69) is 9.98 Å². The molecule has 0 amide bonds. The van der Waals surface area contributed by atoms with Gasteiger partial charge in [-0.25, -0.2) is 14.8 Å². The Balaban J connectivity index is 1.46. The van der Waals surface area contributed by atoms with Crippen LogP contribution in [0.2, 0.25) is 0 Å². The molecule has 1 saturated heterocycles. The zero-order valence-corrected chi connectivity index (χ0v) is 14.1. The van der Waals surface area contributed by atoms with E-state index in [1.807, 2.05) is 0 Å². The second-order valence-corrected chi connectivity index (χ2v) is 5.78. The van der Waals surface area contributed by atoms with Crippen molar-refractivity contribution < 1.29 is 28.5 Å². The van der Waals surface area contributed by atoms with Gasteiger partial charge in [0.15, 0.2) is 17.3 Å². The number of hydrogen-bond donors (Lipinski definition) is 0. The van der Waals surface area contributed by atoms with Gasteiger partial charge < -0.3 is 18.9 Å². The van der Waals surface area contributed by atoms with Crippen LogP contribution in [-0.4, -0.2) is 67.2 Å². The predicted octanol–water partition coefficient (Wildman–Crippen LogP) is 1.06. The first-order valence-corrected chi connectivity index (χ1v) is 8.19. The van der Waals surface area contributed by atoms with Crippen molar-refractivity contribution in [3.63, 3.8) is 0 Å². The lowest BCUT2D eigenvalue weighted by molar-refractivity contribution is -0.154. The average Bonchev–Trinajstić information content (AvgIpc) is 3.24. The van der Waals surface area contributed by atoms with Crippen LogP contribution in [0, 0.1) is 0 Å².